The van der Waals surface area contributed by atoms with Crippen molar-refractivity contribution in [3.63, 3.8) is 0 Å². The van der Waals surface area contributed by atoms with Crippen LogP contribution in [0.15, 0.2) is 23.5 Å². The van der Waals surface area contributed by atoms with Crippen molar-refractivity contribution in [3.05, 3.63) is 23.5 Å². The topological polar surface area (TPSA) is 83.8 Å². The molecule has 5 heteroatoms. The van der Waals surface area contributed by atoms with Gasteiger partial charge in [-0.15, -0.1) is 0 Å². The lowest BCUT2D eigenvalue weighted by Gasteiger charge is -2.57. The molecule has 2 N–H and O–H groups in total. The highest BCUT2D eigenvalue weighted by molar-refractivity contribution is 5.99. The van der Waals surface area contributed by atoms with Gasteiger partial charge in [-0.05, 0) is 86.9 Å². The lowest BCUT2D eigenvalue weighted by molar-refractivity contribution is -0.142. The second-order valence-electron chi connectivity index (χ2n) is 10.5. The van der Waals surface area contributed by atoms with E-state index in [1.165, 1.54) is 5.57 Å². The predicted molar refractivity (Wildman–Crippen MR) is 114 cm³/mol. The molecule has 166 valence electrons. The number of fused-ring (bicyclic) bond motifs is 5. The molecule has 4 aliphatic rings. The number of esters is 1. The van der Waals surface area contributed by atoms with Gasteiger partial charge < -0.3 is 14.9 Å². The number of rotatable bonds is 4. The predicted octanol–water partition coefficient (Wildman–Crippen LogP) is 4.50. The Morgan fingerprint density at radius 3 is 2.67 bits per heavy atom. The molecular weight excluding hydrogens is 380 g/mol. The molecule has 3 fully saturated rings. The van der Waals surface area contributed by atoms with E-state index < -0.39 is 11.7 Å². The van der Waals surface area contributed by atoms with E-state index in [2.05, 4.69) is 19.9 Å². The van der Waals surface area contributed by atoms with E-state index in [4.69, 9.17) is 4.74 Å². The number of carbonyl (C=O) groups excluding carboxylic acids is 2. The second-order valence-corrected chi connectivity index (χ2v) is 10.5. The number of ether oxygens (including phenoxy) is 1. The molecule has 30 heavy (non-hydrogen) atoms. The summed E-state index contributed by atoms with van der Waals surface area (Å²) in [7, 11) is 0. The molecule has 0 aliphatic heterocycles. The minimum Gasteiger partial charge on any atom is -0.502 e. The van der Waals surface area contributed by atoms with Crippen LogP contribution in [0.25, 0.3) is 0 Å². The second kappa shape index (κ2) is 7.81. The molecule has 0 aromatic heterocycles. The van der Waals surface area contributed by atoms with Gasteiger partial charge in [-0.1, -0.05) is 25.5 Å². The van der Waals surface area contributed by atoms with Crippen molar-refractivity contribution in [2.24, 2.45) is 34.5 Å². The fourth-order valence-electron chi connectivity index (χ4n) is 7.61. The number of carbonyl (C=O) groups is 2. The van der Waals surface area contributed by atoms with Crippen molar-refractivity contribution in [2.75, 3.05) is 6.61 Å². The first-order valence-electron chi connectivity index (χ1n) is 11.7. The standard InChI is InChI=1S/C25H36O5/c1-4-30-23(29)22(28)14-21(27)20-8-7-18-17-6-5-15-13-16(26)9-11-24(15,2)19(17)10-12-25(18,20)3/h5,14,16-20,26,28H,4,6-13H2,1-3H3/b22-14-. The van der Waals surface area contributed by atoms with Crippen LogP contribution in [0.3, 0.4) is 0 Å². The maximum atomic E-state index is 13.0. The number of hydrogen-bond donors (Lipinski definition) is 2. The normalized spacial score (nSPS) is 43.1. The van der Waals surface area contributed by atoms with E-state index in [0.29, 0.717) is 17.8 Å². The van der Waals surface area contributed by atoms with Crippen LogP contribution in [0, 0.1) is 34.5 Å². The first-order chi connectivity index (χ1) is 14.2. The van der Waals surface area contributed by atoms with Crippen LogP contribution in [0.2, 0.25) is 0 Å². The summed E-state index contributed by atoms with van der Waals surface area (Å²) in [6, 6.07) is 0. The fraction of sp³-hybridized carbons (Fsp3) is 0.760. The van der Waals surface area contributed by atoms with E-state index in [1.54, 1.807) is 6.92 Å². The molecule has 0 aromatic carbocycles. The van der Waals surface area contributed by atoms with Crippen molar-refractivity contribution in [1.82, 2.24) is 0 Å². The van der Waals surface area contributed by atoms with Gasteiger partial charge in [0.2, 0.25) is 5.76 Å². The van der Waals surface area contributed by atoms with Gasteiger partial charge in [-0.25, -0.2) is 4.79 Å². The van der Waals surface area contributed by atoms with Crippen molar-refractivity contribution < 1.29 is 24.5 Å². The van der Waals surface area contributed by atoms with Gasteiger partial charge in [0.15, 0.2) is 5.78 Å². The maximum Gasteiger partial charge on any atom is 0.373 e. The number of hydrogen-bond acceptors (Lipinski definition) is 5. The van der Waals surface area contributed by atoms with E-state index in [1.807, 2.05) is 0 Å². The summed E-state index contributed by atoms with van der Waals surface area (Å²) >= 11 is 0. The average Bonchev–Trinajstić information content (AvgIpc) is 3.06. The van der Waals surface area contributed by atoms with Crippen molar-refractivity contribution in [1.29, 1.82) is 0 Å². The molecule has 3 saturated carbocycles. The molecule has 7 unspecified atom stereocenters. The van der Waals surface area contributed by atoms with E-state index in [-0.39, 0.29) is 35.2 Å². The van der Waals surface area contributed by atoms with Crippen molar-refractivity contribution in [2.45, 2.75) is 78.2 Å². The van der Waals surface area contributed by atoms with Crippen LogP contribution >= 0.6 is 0 Å². The summed E-state index contributed by atoms with van der Waals surface area (Å²) in [5.41, 5.74) is 1.56. The van der Waals surface area contributed by atoms with Gasteiger partial charge >= 0.3 is 5.97 Å². The van der Waals surface area contributed by atoms with Gasteiger partial charge in [0.1, 0.15) is 0 Å². The highest BCUT2D eigenvalue weighted by Gasteiger charge is 2.59. The number of allylic oxidation sites excluding steroid dienone is 2. The van der Waals surface area contributed by atoms with Gasteiger partial charge in [-0.2, -0.15) is 0 Å². The summed E-state index contributed by atoms with van der Waals surface area (Å²) < 4.78 is 4.80. The van der Waals surface area contributed by atoms with E-state index in [9.17, 15) is 19.8 Å². The van der Waals surface area contributed by atoms with Crippen molar-refractivity contribution in [3.8, 4) is 0 Å². The zero-order valence-corrected chi connectivity index (χ0v) is 18.5. The third-order valence-corrected chi connectivity index (χ3v) is 9.18. The Morgan fingerprint density at radius 1 is 1.17 bits per heavy atom. The Hall–Kier alpha value is -1.62. The molecule has 0 saturated heterocycles. The zero-order chi connectivity index (χ0) is 21.7. The Labute approximate surface area is 179 Å². The number of aliphatic hydroxyl groups is 2. The van der Waals surface area contributed by atoms with Crippen molar-refractivity contribution >= 4 is 11.8 Å². The van der Waals surface area contributed by atoms with Crippen LogP contribution in [-0.2, 0) is 14.3 Å². The van der Waals surface area contributed by atoms with Crippen LogP contribution in [0.5, 0.6) is 0 Å². The monoisotopic (exact) mass is 416 g/mol. The Balaban J connectivity index is 1.55. The summed E-state index contributed by atoms with van der Waals surface area (Å²) in [6.07, 6.45) is 11.1. The third-order valence-electron chi connectivity index (χ3n) is 9.18. The van der Waals surface area contributed by atoms with E-state index >= 15 is 0 Å². The third kappa shape index (κ3) is 3.34. The molecule has 4 rings (SSSR count). The quantitative estimate of drug-likeness (QED) is 0.305. The molecular formula is C25H36O5. The Kier molecular flexibility index (Phi) is 5.63. The lowest BCUT2D eigenvalue weighted by Crippen LogP contribution is -2.51. The molecule has 0 heterocycles. The molecule has 7 atom stereocenters. The largest absolute Gasteiger partial charge is 0.502 e. The minimum absolute atomic E-state index is 0.0838. The fourth-order valence-corrected chi connectivity index (χ4v) is 7.61. The van der Waals surface area contributed by atoms with Gasteiger partial charge in [0, 0.05) is 12.0 Å². The van der Waals surface area contributed by atoms with Gasteiger partial charge in [-0.3, -0.25) is 4.79 Å². The number of ketones is 1. The lowest BCUT2D eigenvalue weighted by atomic mass is 9.47. The molecule has 5 nitrogen and oxygen atoms in total. The first-order valence-corrected chi connectivity index (χ1v) is 11.7. The van der Waals surface area contributed by atoms with Crippen LogP contribution in [0.1, 0.15) is 72.1 Å². The molecule has 0 aromatic rings. The molecule has 0 radical (unpaired) electrons. The van der Waals surface area contributed by atoms with Gasteiger partial charge in [0.25, 0.3) is 0 Å². The highest BCUT2D eigenvalue weighted by atomic mass is 16.5. The number of aliphatic hydroxyl groups excluding tert-OH is 2. The minimum atomic E-state index is -0.827. The summed E-state index contributed by atoms with van der Waals surface area (Å²) in [5, 5.41) is 20.1. The Morgan fingerprint density at radius 2 is 1.93 bits per heavy atom. The summed E-state index contributed by atoms with van der Waals surface area (Å²) in [6.45, 7) is 6.50. The molecule has 0 bridgehead atoms. The summed E-state index contributed by atoms with van der Waals surface area (Å²) in [5.74, 6) is 0.000500. The summed E-state index contributed by atoms with van der Waals surface area (Å²) in [4.78, 5) is 24.7. The highest BCUT2D eigenvalue weighted by Crippen LogP contribution is 2.66. The van der Waals surface area contributed by atoms with Crippen LogP contribution < -0.4 is 0 Å². The first kappa shape index (κ1) is 21.6. The van der Waals surface area contributed by atoms with Crippen LogP contribution in [0.4, 0.5) is 0 Å². The molecule has 4 aliphatic carbocycles. The molecule has 0 amide bonds. The van der Waals surface area contributed by atoms with Crippen LogP contribution in [-0.4, -0.2) is 34.7 Å². The Bertz CT molecular complexity index is 782. The van der Waals surface area contributed by atoms with Gasteiger partial charge in [0.05, 0.1) is 12.7 Å². The smallest absolute Gasteiger partial charge is 0.373 e. The zero-order valence-electron chi connectivity index (χ0n) is 18.5. The molecule has 0 spiro atoms. The van der Waals surface area contributed by atoms with E-state index in [0.717, 1.165) is 57.4 Å². The maximum absolute atomic E-state index is 13.0. The average molecular weight is 417 g/mol. The SMILES string of the molecule is CCOC(=O)/C(O)=C/C(=O)C1CCC2C3CC=C4CC(O)CCC4(C)C3CCC12C.